The number of methoxy groups -OCH3 is 1. The van der Waals surface area contributed by atoms with Gasteiger partial charge in [0.2, 0.25) is 0 Å². The third-order valence-corrected chi connectivity index (χ3v) is 2.56. The first-order valence-corrected chi connectivity index (χ1v) is 5.60. The Morgan fingerprint density at radius 2 is 2.32 bits per heavy atom. The lowest BCUT2D eigenvalue weighted by molar-refractivity contribution is 0.0697. The minimum atomic E-state index is -0.981. The SMILES string of the molecule is COc1ccc(C(=O)O)cc1NCc1cn(C)nn1. The number of aromatic carboxylic acids is 1. The number of nitrogens with one attached hydrogen (secondary N) is 1. The normalized spacial score (nSPS) is 10.2. The van der Waals surface area contributed by atoms with Crippen LogP contribution < -0.4 is 10.1 Å². The number of nitrogens with zero attached hydrogens (tertiary/aromatic N) is 3. The van der Waals surface area contributed by atoms with Gasteiger partial charge in [-0.1, -0.05) is 5.21 Å². The highest BCUT2D eigenvalue weighted by Crippen LogP contribution is 2.25. The first-order chi connectivity index (χ1) is 9.10. The van der Waals surface area contributed by atoms with E-state index in [1.807, 2.05) is 0 Å². The second-order valence-electron chi connectivity index (χ2n) is 3.96. The van der Waals surface area contributed by atoms with E-state index in [4.69, 9.17) is 9.84 Å². The van der Waals surface area contributed by atoms with Gasteiger partial charge in [0, 0.05) is 13.2 Å². The second-order valence-corrected chi connectivity index (χ2v) is 3.96. The molecule has 0 radical (unpaired) electrons. The summed E-state index contributed by atoms with van der Waals surface area (Å²) >= 11 is 0. The molecular formula is C12H14N4O3. The molecule has 0 fully saturated rings. The van der Waals surface area contributed by atoms with Crippen LogP contribution in [0.3, 0.4) is 0 Å². The van der Waals surface area contributed by atoms with Crippen LogP contribution in [0.5, 0.6) is 5.75 Å². The minimum Gasteiger partial charge on any atom is -0.495 e. The van der Waals surface area contributed by atoms with Crippen LogP contribution in [0, 0.1) is 0 Å². The molecule has 1 aromatic heterocycles. The fourth-order valence-corrected chi connectivity index (χ4v) is 1.64. The fourth-order valence-electron chi connectivity index (χ4n) is 1.64. The molecule has 0 aliphatic carbocycles. The first-order valence-electron chi connectivity index (χ1n) is 5.60. The zero-order chi connectivity index (χ0) is 13.8. The molecule has 0 saturated heterocycles. The van der Waals surface area contributed by atoms with Crippen molar-refractivity contribution in [3.05, 3.63) is 35.7 Å². The molecule has 2 N–H and O–H groups in total. The summed E-state index contributed by atoms with van der Waals surface area (Å²) in [7, 11) is 3.31. The van der Waals surface area contributed by atoms with Crippen molar-refractivity contribution in [1.82, 2.24) is 15.0 Å². The minimum absolute atomic E-state index is 0.197. The molecule has 0 spiro atoms. The van der Waals surface area contributed by atoms with Gasteiger partial charge < -0.3 is 15.2 Å². The maximum Gasteiger partial charge on any atom is 0.335 e. The highest BCUT2D eigenvalue weighted by molar-refractivity contribution is 5.89. The van der Waals surface area contributed by atoms with Gasteiger partial charge in [-0.3, -0.25) is 4.68 Å². The van der Waals surface area contributed by atoms with Crippen LogP contribution in [0.15, 0.2) is 24.4 Å². The summed E-state index contributed by atoms with van der Waals surface area (Å²) in [6, 6.07) is 4.63. The molecule has 7 heteroatoms. The Morgan fingerprint density at radius 3 is 2.89 bits per heavy atom. The summed E-state index contributed by atoms with van der Waals surface area (Å²) in [5, 5.41) is 19.8. The highest BCUT2D eigenvalue weighted by atomic mass is 16.5. The summed E-state index contributed by atoms with van der Waals surface area (Å²) in [6.45, 7) is 0.438. The third-order valence-electron chi connectivity index (χ3n) is 2.56. The Labute approximate surface area is 109 Å². The average Bonchev–Trinajstić information content (AvgIpc) is 2.81. The number of rotatable bonds is 5. The van der Waals surface area contributed by atoms with Gasteiger partial charge in [0.15, 0.2) is 0 Å². The molecule has 0 bridgehead atoms. The van der Waals surface area contributed by atoms with Gasteiger partial charge in [0.25, 0.3) is 0 Å². The molecule has 1 aromatic carbocycles. The molecule has 2 aromatic rings. The molecule has 100 valence electrons. The van der Waals surface area contributed by atoms with E-state index in [1.54, 1.807) is 24.0 Å². The van der Waals surface area contributed by atoms with Gasteiger partial charge in [0.05, 0.1) is 24.9 Å². The van der Waals surface area contributed by atoms with Crippen LogP contribution >= 0.6 is 0 Å². The third kappa shape index (κ3) is 3.01. The molecule has 1 heterocycles. The standard InChI is InChI=1S/C12H14N4O3/c1-16-7-9(14-15-16)6-13-10-5-8(12(17)18)3-4-11(10)19-2/h3-5,7,13H,6H2,1-2H3,(H,17,18). The Hall–Kier alpha value is -2.57. The van der Waals surface area contributed by atoms with Gasteiger partial charge in [-0.2, -0.15) is 0 Å². The number of carbonyl (C=O) groups is 1. The van der Waals surface area contributed by atoms with E-state index in [1.165, 1.54) is 19.2 Å². The summed E-state index contributed by atoms with van der Waals surface area (Å²) < 4.78 is 6.78. The lowest BCUT2D eigenvalue weighted by atomic mass is 10.2. The fraction of sp³-hybridized carbons (Fsp3) is 0.250. The van der Waals surface area contributed by atoms with Gasteiger partial charge in [-0.25, -0.2) is 4.79 Å². The molecule has 0 atom stereocenters. The molecule has 0 aliphatic heterocycles. The van der Waals surface area contributed by atoms with Crippen LogP contribution in [0.2, 0.25) is 0 Å². The Balaban J connectivity index is 2.17. The van der Waals surface area contributed by atoms with E-state index < -0.39 is 5.97 Å². The molecule has 0 aliphatic rings. The zero-order valence-electron chi connectivity index (χ0n) is 10.6. The van der Waals surface area contributed by atoms with Crippen LogP contribution in [0.25, 0.3) is 0 Å². The number of hydrogen-bond acceptors (Lipinski definition) is 5. The van der Waals surface area contributed by atoms with Crippen LogP contribution in [-0.2, 0) is 13.6 Å². The molecule has 0 saturated carbocycles. The van der Waals surface area contributed by atoms with Gasteiger partial charge >= 0.3 is 5.97 Å². The van der Waals surface area contributed by atoms with Gasteiger partial charge in [-0.05, 0) is 18.2 Å². The number of aryl methyl sites for hydroxylation is 1. The number of benzene rings is 1. The number of carboxylic acids is 1. The van der Waals surface area contributed by atoms with Crippen LogP contribution in [0.1, 0.15) is 16.1 Å². The van der Waals surface area contributed by atoms with Crippen molar-refractivity contribution >= 4 is 11.7 Å². The van der Waals surface area contributed by atoms with Gasteiger partial charge in [0.1, 0.15) is 11.4 Å². The molecular weight excluding hydrogens is 248 g/mol. The van der Waals surface area contributed by atoms with E-state index in [9.17, 15) is 4.79 Å². The number of hydrogen-bond donors (Lipinski definition) is 2. The smallest absolute Gasteiger partial charge is 0.335 e. The van der Waals surface area contributed by atoms with Crippen molar-refractivity contribution in [3.63, 3.8) is 0 Å². The highest BCUT2D eigenvalue weighted by Gasteiger charge is 2.09. The van der Waals surface area contributed by atoms with Crippen molar-refractivity contribution in [2.45, 2.75) is 6.54 Å². The van der Waals surface area contributed by atoms with Crippen LogP contribution in [0.4, 0.5) is 5.69 Å². The van der Waals surface area contributed by atoms with Crippen molar-refractivity contribution < 1.29 is 14.6 Å². The maximum atomic E-state index is 10.9. The van der Waals surface area contributed by atoms with E-state index in [0.717, 1.165) is 5.69 Å². The molecule has 7 nitrogen and oxygen atoms in total. The van der Waals surface area contributed by atoms with E-state index in [0.29, 0.717) is 18.0 Å². The van der Waals surface area contributed by atoms with Crippen molar-refractivity contribution in [2.24, 2.45) is 7.05 Å². The average molecular weight is 262 g/mol. The Morgan fingerprint density at radius 1 is 1.53 bits per heavy atom. The molecule has 19 heavy (non-hydrogen) atoms. The van der Waals surface area contributed by atoms with Crippen molar-refractivity contribution in [1.29, 1.82) is 0 Å². The first kappa shape index (κ1) is 12.9. The monoisotopic (exact) mass is 262 g/mol. The topological polar surface area (TPSA) is 89.3 Å². The van der Waals surface area contributed by atoms with E-state index >= 15 is 0 Å². The summed E-state index contributed by atoms with van der Waals surface area (Å²) in [5.41, 5.74) is 1.56. The summed E-state index contributed by atoms with van der Waals surface area (Å²) in [6.07, 6.45) is 1.78. The van der Waals surface area contributed by atoms with Crippen LogP contribution in [-0.4, -0.2) is 33.2 Å². The number of ether oxygens (including phenoxy) is 1. The van der Waals surface area contributed by atoms with Crippen molar-refractivity contribution in [2.75, 3.05) is 12.4 Å². The van der Waals surface area contributed by atoms with E-state index in [2.05, 4.69) is 15.6 Å². The lowest BCUT2D eigenvalue weighted by Crippen LogP contribution is -2.04. The second kappa shape index (κ2) is 5.38. The van der Waals surface area contributed by atoms with Gasteiger partial charge in [-0.15, -0.1) is 5.10 Å². The van der Waals surface area contributed by atoms with E-state index in [-0.39, 0.29) is 5.56 Å². The Kier molecular flexibility index (Phi) is 3.65. The molecule has 0 unspecified atom stereocenters. The zero-order valence-corrected chi connectivity index (χ0v) is 10.6. The number of carboxylic acid groups (broad SMARTS) is 1. The molecule has 2 rings (SSSR count). The predicted octanol–water partition coefficient (Wildman–Crippen LogP) is 1.13. The summed E-state index contributed by atoms with van der Waals surface area (Å²) in [4.78, 5) is 10.9. The Bertz CT molecular complexity index is 594. The quantitative estimate of drug-likeness (QED) is 0.839. The predicted molar refractivity (Wildman–Crippen MR) is 68.3 cm³/mol. The number of anilines is 1. The maximum absolute atomic E-state index is 10.9. The lowest BCUT2D eigenvalue weighted by Gasteiger charge is -2.10. The largest absolute Gasteiger partial charge is 0.495 e. The molecule has 0 amide bonds. The van der Waals surface area contributed by atoms with Crippen molar-refractivity contribution in [3.8, 4) is 5.75 Å². The number of aromatic nitrogens is 3. The summed E-state index contributed by atoms with van der Waals surface area (Å²) in [5.74, 6) is -0.404.